The van der Waals surface area contributed by atoms with Crippen LogP contribution in [0.3, 0.4) is 0 Å². The summed E-state index contributed by atoms with van der Waals surface area (Å²) in [5.41, 5.74) is 3.84. The van der Waals surface area contributed by atoms with E-state index in [-0.39, 0.29) is 5.60 Å². The Bertz CT molecular complexity index is 437. The molecule has 0 radical (unpaired) electrons. The van der Waals surface area contributed by atoms with E-state index in [1.807, 2.05) is 11.7 Å². The fraction of sp³-hybridized carbons (Fsp3) is 0.824. The molecule has 1 aromatic heterocycles. The molecule has 4 nitrogen and oxygen atoms in total. The van der Waals surface area contributed by atoms with Crippen LogP contribution in [0.4, 0.5) is 0 Å². The predicted molar refractivity (Wildman–Crippen MR) is 88.8 cm³/mol. The average Bonchev–Trinajstić information content (AvgIpc) is 2.67. The van der Waals surface area contributed by atoms with Crippen LogP contribution in [-0.2, 0) is 18.2 Å². The van der Waals surface area contributed by atoms with E-state index in [0.29, 0.717) is 6.04 Å². The van der Waals surface area contributed by atoms with E-state index in [2.05, 4.69) is 45.0 Å². The Hall–Kier alpha value is -0.870. The van der Waals surface area contributed by atoms with Gasteiger partial charge >= 0.3 is 0 Å². The number of methoxy groups -OCH3 is 1. The van der Waals surface area contributed by atoms with E-state index < -0.39 is 0 Å². The molecule has 1 unspecified atom stereocenters. The molecule has 0 bridgehead atoms. The smallest absolute Gasteiger partial charge is 0.0628 e. The minimum Gasteiger partial charge on any atom is -0.379 e. The molecule has 1 N–H and O–H groups in total. The minimum absolute atomic E-state index is 0.0339. The molecule has 0 aliphatic carbocycles. The second-order valence-electron chi connectivity index (χ2n) is 6.57. The number of rotatable bonds is 9. The van der Waals surface area contributed by atoms with Crippen LogP contribution >= 0.6 is 0 Å². The van der Waals surface area contributed by atoms with E-state index in [0.717, 1.165) is 32.2 Å². The highest BCUT2D eigenvalue weighted by Gasteiger charge is 2.19. The number of nitrogens with zero attached hydrogens (tertiary/aromatic N) is 2. The average molecular weight is 295 g/mol. The highest BCUT2D eigenvalue weighted by molar-refractivity contribution is 5.24. The Kier molecular flexibility index (Phi) is 6.88. The molecule has 0 fully saturated rings. The minimum atomic E-state index is -0.0339. The van der Waals surface area contributed by atoms with Gasteiger partial charge in [-0.2, -0.15) is 5.10 Å². The van der Waals surface area contributed by atoms with Crippen LogP contribution in [0, 0.1) is 13.8 Å². The molecule has 1 heterocycles. The molecule has 0 aliphatic heterocycles. The van der Waals surface area contributed by atoms with Crippen LogP contribution in [0.2, 0.25) is 0 Å². The summed E-state index contributed by atoms with van der Waals surface area (Å²) in [5.74, 6) is 0. The molecule has 1 rings (SSSR count). The maximum Gasteiger partial charge on any atom is 0.0628 e. The largest absolute Gasteiger partial charge is 0.379 e. The fourth-order valence-corrected chi connectivity index (χ4v) is 2.76. The zero-order valence-corrected chi connectivity index (χ0v) is 14.9. The van der Waals surface area contributed by atoms with Crippen molar-refractivity contribution in [2.24, 2.45) is 7.05 Å². The van der Waals surface area contributed by atoms with Gasteiger partial charge in [0.1, 0.15) is 0 Å². The lowest BCUT2D eigenvalue weighted by Crippen LogP contribution is -2.33. The Balaban J connectivity index is 2.58. The summed E-state index contributed by atoms with van der Waals surface area (Å²) >= 11 is 0. The van der Waals surface area contributed by atoms with Gasteiger partial charge < -0.3 is 10.1 Å². The first-order valence-corrected chi connectivity index (χ1v) is 8.08. The van der Waals surface area contributed by atoms with Gasteiger partial charge in [-0.3, -0.25) is 4.68 Å². The standard InChI is InChI=1S/C17H33N3O/c1-8-18-15(11-12-17(4,5)21-7)9-10-16-13(2)19-20(6)14(16)3/h15,18H,8-12H2,1-7H3. The summed E-state index contributed by atoms with van der Waals surface area (Å²) in [7, 11) is 3.82. The lowest BCUT2D eigenvalue weighted by Gasteiger charge is -2.26. The topological polar surface area (TPSA) is 39.1 Å². The summed E-state index contributed by atoms with van der Waals surface area (Å²) in [5, 5.41) is 8.12. The van der Waals surface area contributed by atoms with Crippen molar-refractivity contribution in [2.45, 2.75) is 71.9 Å². The molecule has 21 heavy (non-hydrogen) atoms. The van der Waals surface area contributed by atoms with Gasteiger partial charge in [-0.1, -0.05) is 6.92 Å². The maximum absolute atomic E-state index is 5.53. The van der Waals surface area contributed by atoms with Crippen molar-refractivity contribution in [3.05, 3.63) is 17.0 Å². The van der Waals surface area contributed by atoms with Crippen LogP contribution in [0.25, 0.3) is 0 Å². The molecule has 0 saturated carbocycles. The first kappa shape index (κ1) is 18.2. The Morgan fingerprint density at radius 3 is 2.43 bits per heavy atom. The zero-order chi connectivity index (χ0) is 16.0. The summed E-state index contributed by atoms with van der Waals surface area (Å²) in [6.07, 6.45) is 4.47. The molecule has 0 amide bonds. The van der Waals surface area contributed by atoms with Crippen molar-refractivity contribution in [3.63, 3.8) is 0 Å². The maximum atomic E-state index is 5.53. The van der Waals surface area contributed by atoms with Crippen molar-refractivity contribution >= 4 is 0 Å². The Morgan fingerprint density at radius 2 is 1.95 bits per heavy atom. The normalized spacial score (nSPS) is 13.7. The second kappa shape index (κ2) is 7.95. The SMILES string of the molecule is CCNC(CCc1c(C)nn(C)c1C)CCC(C)(C)OC. The summed E-state index contributed by atoms with van der Waals surface area (Å²) in [4.78, 5) is 0. The summed E-state index contributed by atoms with van der Waals surface area (Å²) in [6.45, 7) is 11.8. The Morgan fingerprint density at radius 1 is 1.29 bits per heavy atom. The zero-order valence-electron chi connectivity index (χ0n) is 14.9. The van der Waals surface area contributed by atoms with Gasteiger partial charge in [0.15, 0.2) is 0 Å². The fourth-order valence-electron chi connectivity index (χ4n) is 2.76. The third kappa shape index (κ3) is 5.44. The van der Waals surface area contributed by atoms with Gasteiger partial charge in [-0.05, 0) is 65.5 Å². The first-order valence-electron chi connectivity index (χ1n) is 8.08. The van der Waals surface area contributed by atoms with Crippen LogP contribution in [0.15, 0.2) is 0 Å². The number of hydrogen-bond donors (Lipinski definition) is 1. The lowest BCUT2D eigenvalue weighted by molar-refractivity contribution is 0.0116. The quantitative estimate of drug-likeness (QED) is 0.760. The van der Waals surface area contributed by atoms with Crippen LogP contribution in [0.5, 0.6) is 0 Å². The number of aromatic nitrogens is 2. The number of hydrogen-bond acceptors (Lipinski definition) is 3. The van der Waals surface area contributed by atoms with Crippen molar-refractivity contribution in [3.8, 4) is 0 Å². The second-order valence-corrected chi connectivity index (χ2v) is 6.57. The molecule has 4 heteroatoms. The highest BCUT2D eigenvalue weighted by Crippen LogP contribution is 2.20. The van der Waals surface area contributed by atoms with Gasteiger partial charge in [-0.25, -0.2) is 0 Å². The highest BCUT2D eigenvalue weighted by atomic mass is 16.5. The van der Waals surface area contributed by atoms with Crippen molar-refractivity contribution < 1.29 is 4.74 Å². The molecule has 122 valence electrons. The lowest BCUT2D eigenvalue weighted by atomic mass is 9.95. The molecule has 0 aliphatic rings. The predicted octanol–water partition coefficient (Wildman–Crippen LogP) is 3.15. The Labute approximate surface area is 130 Å². The van der Waals surface area contributed by atoms with Crippen LogP contribution in [-0.4, -0.2) is 35.1 Å². The molecular formula is C17H33N3O. The van der Waals surface area contributed by atoms with E-state index >= 15 is 0 Å². The van der Waals surface area contributed by atoms with E-state index in [4.69, 9.17) is 4.74 Å². The first-order chi connectivity index (χ1) is 9.80. The van der Waals surface area contributed by atoms with Gasteiger partial charge in [0, 0.05) is 25.9 Å². The molecule has 1 atom stereocenters. The van der Waals surface area contributed by atoms with Gasteiger partial charge in [-0.15, -0.1) is 0 Å². The van der Waals surface area contributed by atoms with Crippen molar-refractivity contribution in [2.75, 3.05) is 13.7 Å². The number of nitrogens with one attached hydrogen (secondary N) is 1. The number of aryl methyl sites for hydroxylation is 2. The van der Waals surface area contributed by atoms with Gasteiger partial charge in [0.05, 0.1) is 11.3 Å². The summed E-state index contributed by atoms with van der Waals surface area (Å²) < 4.78 is 7.52. The third-order valence-electron chi connectivity index (χ3n) is 4.54. The van der Waals surface area contributed by atoms with E-state index in [1.165, 1.54) is 17.0 Å². The molecule has 0 saturated heterocycles. The molecule has 0 spiro atoms. The van der Waals surface area contributed by atoms with E-state index in [1.54, 1.807) is 7.11 Å². The van der Waals surface area contributed by atoms with Gasteiger partial charge in [0.25, 0.3) is 0 Å². The van der Waals surface area contributed by atoms with Crippen molar-refractivity contribution in [1.29, 1.82) is 0 Å². The molecule has 1 aromatic rings. The summed E-state index contributed by atoms with van der Waals surface area (Å²) in [6, 6.07) is 0.545. The monoisotopic (exact) mass is 295 g/mol. The number of ether oxygens (including phenoxy) is 1. The molecular weight excluding hydrogens is 262 g/mol. The van der Waals surface area contributed by atoms with Crippen LogP contribution < -0.4 is 5.32 Å². The van der Waals surface area contributed by atoms with Crippen molar-refractivity contribution in [1.82, 2.24) is 15.1 Å². The third-order valence-corrected chi connectivity index (χ3v) is 4.54. The molecule has 0 aromatic carbocycles. The van der Waals surface area contributed by atoms with E-state index in [9.17, 15) is 0 Å². The van der Waals surface area contributed by atoms with Gasteiger partial charge in [0.2, 0.25) is 0 Å². The van der Waals surface area contributed by atoms with Crippen LogP contribution in [0.1, 0.15) is 57.0 Å².